The van der Waals surface area contributed by atoms with Gasteiger partial charge in [0.2, 0.25) is 0 Å². The average molecular weight is 382 g/mol. The van der Waals surface area contributed by atoms with Crippen molar-refractivity contribution < 1.29 is 4.21 Å². The van der Waals surface area contributed by atoms with Crippen LogP contribution in [0.2, 0.25) is 0 Å². The molecule has 0 spiro atoms. The van der Waals surface area contributed by atoms with Gasteiger partial charge in [-0.2, -0.15) is 0 Å². The number of aromatic amines is 1. The fourth-order valence-corrected chi connectivity index (χ4v) is 5.10. The first-order chi connectivity index (χ1) is 13.0. The van der Waals surface area contributed by atoms with Gasteiger partial charge in [-0.25, -0.2) is 0 Å². The largest absolute Gasteiger partial charge is 0.361 e. The molecular formula is C24H31NOS. The van der Waals surface area contributed by atoms with E-state index >= 15 is 0 Å². The Morgan fingerprint density at radius 3 is 2.67 bits per heavy atom. The molecule has 0 saturated heterocycles. The smallest absolute Gasteiger partial charge is 0.0456 e. The maximum Gasteiger partial charge on any atom is 0.0456 e. The van der Waals surface area contributed by atoms with Crippen molar-refractivity contribution in [2.75, 3.05) is 5.75 Å². The van der Waals surface area contributed by atoms with E-state index in [4.69, 9.17) is 0 Å². The van der Waals surface area contributed by atoms with Crippen molar-refractivity contribution in [1.29, 1.82) is 0 Å². The summed E-state index contributed by atoms with van der Waals surface area (Å²) in [6, 6.07) is 16.2. The Balaban J connectivity index is 1.73. The molecule has 2 unspecified atom stereocenters. The molecule has 144 valence electrons. The Morgan fingerprint density at radius 2 is 1.93 bits per heavy atom. The van der Waals surface area contributed by atoms with Gasteiger partial charge in [0.15, 0.2) is 0 Å². The van der Waals surface area contributed by atoms with Crippen LogP contribution in [0.4, 0.5) is 0 Å². The highest BCUT2D eigenvalue weighted by Crippen LogP contribution is 2.25. The molecule has 27 heavy (non-hydrogen) atoms. The Morgan fingerprint density at radius 1 is 1.15 bits per heavy atom. The number of aromatic nitrogens is 1. The molecule has 3 heteroatoms. The van der Waals surface area contributed by atoms with Crippen LogP contribution < -0.4 is 0 Å². The minimum atomic E-state index is -2.25. The van der Waals surface area contributed by atoms with Crippen molar-refractivity contribution in [2.45, 2.75) is 50.8 Å². The van der Waals surface area contributed by atoms with E-state index in [0.717, 1.165) is 17.7 Å². The molecule has 0 amide bonds. The molecular weight excluding hydrogens is 350 g/mol. The Labute approximate surface area is 164 Å². The third kappa shape index (κ3) is 5.04. The summed E-state index contributed by atoms with van der Waals surface area (Å²) in [6.45, 7) is 4.59. The van der Waals surface area contributed by atoms with E-state index in [1.807, 2.05) is 30.3 Å². The lowest BCUT2D eigenvalue weighted by atomic mass is 9.95. The molecule has 3 aromatic rings. The van der Waals surface area contributed by atoms with E-state index < -0.39 is 9.52 Å². The number of aryl methyl sites for hydroxylation is 1. The third-order valence-electron chi connectivity index (χ3n) is 5.34. The highest BCUT2D eigenvalue weighted by molar-refractivity contribution is 8.00. The zero-order chi connectivity index (χ0) is 19.3. The molecule has 1 N–H and O–H groups in total. The van der Waals surface area contributed by atoms with Gasteiger partial charge < -0.3 is 4.98 Å². The van der Waals surface area contributed by atoms with Gasteiger partial charge >= 0.3 is 0 Å². The average Bonchev–Trinajstić information content (AvgIpc) is 3.07. The van der Waals surface area contributed by atoms with Gasteiger partial charge in [-0.15, -0.1) is 0 Å². The van der Waals surface area contributed by atoms with Crippen LogP contribution in [-0.4, -0.2) is 20.8 Å². The quantitative estimate of drug-likeness (QED) is 0.463. The summed E-state index contributed by atoms with van der Waals surface area (Å²) >= 11 is 0. The standard InChI is InChI=1S/C24H31NOS/c1-4-5-9-19(2)16-21-18-25-24-13-12-20(17-23(21)24)14-15-27(3,26)22-10-7-6-8-11-22/h6-8,10-13,17-19,25H,3-5,9,14-16H2,1-2H3. The third-order valence-corrected chi connectivity index (χ3v) is 7.34. The van der Waals surface area contributed by atoms with Crippen molar-refractivity contribution in [2.24, 2.45) is 5.92 Å². The predicted octanol–water partition coefficient (Wildman–Crippen LogP) is 5.85. The maximum absolute atomic E-state index is 13.0. The number of H-pyrrole nitrogens is 1. The molecule has 0 aliphatic heterocycles. The summed E-state index contributed by atoms with van der Waals surface area (Å²) < 4.78 is 13.0. The molecule has 2 aromatic carbocycles. The topological polar surface area (TPSA) is 32.9 Å². The SMILES string of the molecule is C=S(=O)(CCc1ccc2[nH]cc(CC(C)CCCC)c2c1)c1ccccc1. The van der Waals surface area contributed by atoms with E-state index in [1.165, 1.54) is 41.3 Å². The molecule has 0 radical (unpaired) electrons. The monoisotopic (exact) mass is 381 g/mol. The number of hydrogen-bond donors (Lipinski definition) is 1. The first-order valence-electron chi connectivity index (χ1n) is 9.98. The van der Waals surface area contributed by atoms with Crippen molar-refractivity contribution >= 4 is 26.3 Å². The number of hydrogen-bond acceptors (Lipinski definition) is 1. The van der Waals surface area contributed by atoms with E-state index in [9.17, 15) is 4.21 Å². The molecule has 1 aromatic heterocycles. The molecule has 1 heterocycles. The minimum Gasteiger partial charge on any atom is -0.361 e. The lowest BCUT2D eigenvalue weighted by molar-refractivity contribution is 0.505. The van der Waals surface area contributed by atoms with Gasteiger partial charge in [0, 0.05) is 27.7 Å². The van der Waals surface area contributed by atoms with Gasteiger partial charge in [0.25, 0.3) is 0 Å². The van der Waals surface area contributed by atoms with Crippen molar-refractivity contribution in [3.8, 4) is 0 Å². The van der Waals surface area contributed by atoms with E-state index in [0.29, 0.717) is 11.7 Å². The van der Waals surface area contributed by atoms with Gasteiger partial charge in [-0.1, -0.05) is 57.4 Å². The summed E-state index contributed by atoms with van der Waals surface area (Å²) in [7, 11) is -2.25. The highest BCUT2D eigenvalue weighted by Gasteiger charge is 2.11. The van der Waals surface area contributed by atoms with E-state index in [1.54, 1.807) is 0 Å². The Bertz CT molecular complexity index is 970. The fourth-order valence-electron chi connectivity index (χ4n) is 3.65. The molecule has 0 aliphatic carbocycles. The fraction of sp³-hybridized carbons (Fsp3) is 0.375. The number of rotatable bonds is 9. The van der Waals surface area contributed by atoms with Crippen LogP contribution in [0.1, 0.15) is 44.2 Å². The number of fused-ring (bicyclic) bond motifs is 1. The summed E-state index contributed by atoms with van der Waals surface area (Å²) in [5.41, 5.74) is 3.82. The van der Waals surface area contributed by atoms with Crippen LogP contribution in [0.15, 0.2) is 59.6 Å². The minimum absolute atomic E-state index is 0.579. The Kier molecular flexibility index (Phi) is 6.43. The van der Waals surface area contributed by atoms with Crippen LogP contribution in [0.5, 0.6) is 0 Å². The molecule has 2 atom stereocenters. The molecule has 0 saturated carbocycles. The summed E-state index contributed by atoms with van der Waals surface area (Å²) in [5, 5.41) is 1.31. The van der Waals surface area contributed by atoms with Gasteiger partial charge in [-0.3, -0.25) is 4.21 Å². The van der Waals surface area contributed by atoms with Crippen molar-refractivity contribution in [3.05, 3.63) is 65.9 Å². The normalized spacial score (nSPS) is 14.9. The van der Waals surface area contributed by atoms with E-state index in [-0.39, 0.29) is 0 Å². The number of unbranched alkanes of at least 4 members (excludes halogenated alkanes) is 1. The van der Waals surface area contributed by atoms with Crippen LogP contribution in [0.3, 0.4) is 0 Å². The second-order valence-corrected chi connectivity index (χ2v) is 10.2. The molecule has 0 fully saturated rings. The second kappa shape index (κ2) is 8.79. The van der Waals surface area contributed by atoms with Crippen molar-refractivity contribution in [1.82, 2.24) is 4.98 Å². The van der Waals surface area contributed by atoms with Crippen molar-refractivity contribution in [3.63, 3.8) is 0 Å². The maximum atomic E-state index is 13.0. The molecule has 3 rings (SSSR count). The highest BCUT2D eigenvalue weighted by atomic mass is 32.2. The number of benzene rings is 2. The van der Waals surface area contributed by atoms with Crippen LogP contribution in [0.25, 0.3) is 10.9 Å². The molecule has 0 bridgehead atoms. The summed E-state index contributed by atoms with van der Waals surface area (Å²) in [6.07, 6.45) is 7.89. The van der Waals surface area contributed by atoms with Crippen LogP contribution in [0, 0.1) is 5.92 Å². The van der Waals surface area contributed by atoms with Gasteiger partial charge in [0.1, 0.15) is 0 Å². The zero-order valence-corrected chi connectivity index (χ0v) is 17.4. The predicted molar refractivity (Wildman–Crippen MR) is 119 cm³/mol. The van der Waals surface area contributed by atoms with Gasteiger partial charge in [0.05, 0.1) is 0 Å². The first kappa shape index (κ1) is 19.8. The van der Waals surface area contributed by atoms with Crippen LogP contribution in [-0.2, 0) is 22.4 Å². The Hall–Kier alpha value is -2.00. The summed E-state index contributed by atoms with van der Waals surface area (Å²) in [5.74, 6) is 5.29. The molecule has 0 aliphatic rings. The lowest BCUT2D eigenvalue weighted by Gasteiger charge is -2.11. The summed E-state index contributed by atoms with van der Waals surface area (Å²) in [4.78, 5) is 4.25. The van der Waals surface area contributed by atoms with E-state index in [2.05, 4.69) is 49.1 Å². The van der Waals surface area contributed by atoms with Gasteiger partial charge in [-0.05, 0) is 69.5 Å². The zero-order valence-electron chi connectivity index (χ0n) is 16.5. The van der Waals surface area contributed by atoms with Crippen LogP contribution >= 0.6 is 0 Å². The second-order valence-electron chi connectivity index (χ2n) is 7.72. The lowest BCUT2D eigenvalue weighted by Crippen LogP contribution is -2.08. The number of nitrogens with one attached hydrogen (secondary N) is 1. The first-order valence-corrected chi connectivity index (χ1v) is 11.9. The molecule has 2 nitrogen and oxygen atoms in total.